The molecule has 1 rings (SSSR count). The number of unbranched alkanes of at least 4 members (excludes halogenated alkanes) is 3. The molecule has 0 aliphatic heterocycles. The zero-order chi connectivity index (χ0) is 10.9. The van der Waals surface area contributed by atoms with E-state index in [9.17, 15) is 0 Å². The molecule has 0 heterocycles. The van der Waals surface area contributed by atoms with Gasteiger partial charge in [-0.3, -0.25) is 0 Å². The van der Waals surface area contributed by atoms with Gasteiger partial charge in [0.15, 0.2) is 0 Å². The zero-order valence-corrected chi connectivity index (χ0v) is 12.9. The Kier molecular flexibility index (Phi) is 7.41. The fourth-order valence-electron chi connectivity index (χ4n) is 1.25. The van der Waals surface area contributed by atoms with Crippen LogP contribution >= 0.6 is 22.6 Å². The second kappa shape index (κ2) is 8.37. The molecule has 2 heteroatoms. The molecule has 0 aliphatic carbocycles. The summed E-state index contributed by atoms with van der Waals surface area (Å²) in [5.74, 6) is 0. The van der Waals surface area contributed by atoms with E-state index in [1.807, 2.05) is 0 Å². The SMILES string of the molecule is CCCCC/C=C(/I)[Se]c1ccccc1. The maximum absolute atomic E-state index is 2.49. The van der Waals surface area contributed by atoms with E-state index in [-0.39, 0.29) is 0 Å². The molecule has 1 aromatic rings. The Labute approximate surface area is 113 Å². The monoisotopic (exact) mass is 380 g/mol. The summed E-state index contributed by atoms with van der Waals surface area (Å²) in [7, 11) is 0. The molecule has 0 saturated carbocycles. The topological polar surface area (TPSA) is 0 Å². The first-order chi connectivity index (χ1) is 7.33. The van der Waals surface area contributed by atoms with E-state index in [0.29, 0.717) is 15.0 Å². The van der Waals surface area contributed by atoms with Crippen LogP contribution in [0, 0.1) is 0 Å². The average Bonchev–Trinajstić information content (AvgIpc) is 2.26. The van der Waals surface area contributed by atoms with Crippen molar-refractivity contribution < 1.29 is 0 Å². The molecule has 0 nitrogen and oxygen atoms in total. The molecule has 0 spiro atoms. The van der Waals surface area contributed by atoms with Crippen molar-refractivity contribution in [3.05, 3.63) is 38.9 Å². The number of allylic oxidation sites excluding steroid dienone is 1. The Morgan fingerprint density at radius 3 is 2.67 bits per heavy atom. The molecular formula is C13H17ISe. The first-order valence-electron chi connectivity index (χ1n) is 5.41. The van der Waals surface area contributed by atoms with Crippen LogP contribution < -0.4 is 4.46 Å². The number of hydrogen-bond donors (Lipinski definition) is 0. The fourth-order valence-corrected chi connectivity index (χ4v) is 4.39. The van der Waals surface area contributed by atoms with Gasteiger partial charge in [-0.25, -0.2) is 0 Å². The molecule has 0 amide bonds. The molecule has 1 aromatic carbocycles. The van der Waals surface area contributed by atoms with Crippen LogP contribution in [0.2, 0.25) is 0 Å². The summed E-state index contributed by atoms with van der Waals surface area (Å²) in [5, 5.41) is 0. The van der Waals surface area contributed by atoms with E-state index in [1.54, 1.807) is 0 Å². The van der Waals surface area contributed by atoms with Gasteiger partial charge >= 0.3 is 114 Å². The van der Waals surface area contributed by atoms with Crippen LogP contribution in [0.4, 0.5) is 0 Å². The Balaban J connectivity index is 2.32. The van der Waals surface area contributed by atoms with Crippen LogP contribution in [0.25, 0.3) is 0 Å². The molecule has 0 aromatic heterocycles. The summed E-state index contributed by atoms with van der Waals surface area (Å²) in [4.78, 5) is 0. The van der Waals surface area contributed by atoms with Crippen molar-refractivity contribution in [1.29, 1.82) is 0 Å². The minimum absolute atomic E-state index is 0.522. The van der Waals surface area contributed by atoms with Gasteiger partial charge in [-0.2, -0.15) is 0 Å². The molecule has 0 bridgehead atoms. The van der Waals surface area contributed by atoms with Gasteiger partial charge in [-0.15, -0.1) is 0 Å². The second-order valence-corrected chi connectivity index (χ2v) is 8.57. The minimum atomic E-state index is 0.522. The van der Waals surface area contributed by atoms with Gasteiger partial charge in [-0.05, 0) is 0 Å². The van der Waals surface area contributed by atoms with Gasteiger partial charge in [-0.1, -0.05) is 0 Å². The average molecular weight is 379 g/mol. The summed E-state index contributed by atoms with van der Waals surface area (Å²) >= 11 is 3.01. The first-order valence-corrected chi connectivity index (χ1v) is 8.20. The van der Waals surface area contributed by atoms with Crippen molar-refractivity contribution in [2.45, 2.75) is 32.6 Å². The Morgan fingerprint density at radius 2 is 2.00 bits per heavy atom. The summed E-state index contributed by atoms with van der Waals surface area (Å²) in [6.07, 6.45) is 7.67. The van der Waals surface area contributed by atoms with Crippen LogP contribution in [0.15, 0.2) is 38.9 Å². The molecule has 0 saturated heterocycles. The zero-order valence-electron chi connectivity index (χ0n) is 9.08. The van der Waals surface area contributed by atoms with E-state index >= 15 is 0 Å². The first kappa shape index (κ1) is 13.3. The van der Waals surface area contributed by atoms with Crippen molar-refractivity contribution in [3.63, 3.8) is 0 Å². The van der Waals surface area contributed by atoms with Crippen molar-refractivity contribution in [2.75, 3.05) is 0 Å². The van der Waals surface area contributed by atoms with Crippen LogP contribution in [0.3, 0.4) is 0 Å². The van der Waals surface area contributed by atoms with E-state index in [4.69, 9.17) is 0 Å². The summed E-state index contributed by atoms with van der Waals surface area (Å²) in [6.45, 7) is 2.25. The van der Waals surface area contributed by atoms with Crippen LogP contribution in [0.5, 0.6) is 0 Å². The Bertz CT molecular complexity index is 293. The normalized spacial score (nSPS) is 11.7. The van der Waals surface area contributed by atoms with Crippen molar-refractivity contribution in [2.24, 2.45) is 0 Å². The maximum atomic E-state index is 2.49. The second-order valence-electron chi connectivity index (χ2n) is 3.42. The van der Waals surface area contributed by atoms with Crippen LogP contribution in [-0.2, 0) is 0 Å². The van der Waals surface area contributed by atoms with Crippen molar-refractivity contribution >= 4 is 42.0 Å². The van der Waals surface area contributed by atoms with Crippen LogP contribution in [-0.4, -0.2) is 15.0 Å². The molecule has 15 heavy (non-hydrogen) atoms. The molecule has 82 valence electrons. The molecule has 0 N–H and O–H groups in total. The third-order valence-corrected chi connectivity index (χ3v) is 5.48. The van der Waals surface area contributed by atoms with Crippen LogP contribution in [0.1, 0.15) is 32.6 Å². The van der Waals surface area contributed by atoms with Gasteiger partial charge in [0.1, 0.15) is 0 Å². The number of halogens is 1. The number of rotatable bonds is 6. The third-order valence-electron chi connectivity index (χ3n) is 2.07. The van der Waals surface area contributed by atoms with E-state index in [1.165, 1.54) is 32.6 Å². The fraction of sp³-hybridized carbons (Fsp3) is 0.385. The predicted octanol–water partition coefficient (Wildman–Crippen LogP) is 3.87. The third kappa shape index (κ3) is 6.39. The Morgan fingerprint density at radius 1 is 1.27 bits per heavy atom. The van der Waals surface area contributed by atoms with Gasteiger partial charge in [0.05, 0.1) is 0 Å². The van der Waals surface area contributed by atoms with Gasteiger partial charge in [0.25, 0.3) is 0 Å². The standard InChI is InChI=1S/C13H17ISe/c1-2-3-4-8-11-13(14)15-12-9-6-5-7-10-12/h5-7,9-11H,2-4,8H2,1H3/b13-11-. The van der Waals surface area contributed by atoms with E-state index in [0.717, 1.165) is 0 Å². The molecule has 0 atom stereocenters. The quantitative estimate of drug-likeness (QED) is 0.400. The predicted molar refractivity (Wildman–Crippen MR) is 78.1 cm³/mol. The molecule has 0 fully saturated rings. The van der Waals surface area contributed by atoms with Gasteiger partial charge in [0.2, 0.25) is 0 Å². The number of hydrogen-bond acceptors (Lipinski definition) is 0. The van der Waals surface area contributed by atoms with Gasteiger partial charge < -0.3 is 0 Å². The number of benzene rings is 1. The molecule has 0 radical (unpaired) electrons. The molecular weight excluding hydrogens is 362 g/mol. The van der Waals surface area contributed by atoms with Crippen molar-refractivity contribution in [1.82, 2.24) is 0 Å². The van der Waals surface area contributed by atoms with Gasteiger partial charge in [0, 0.05) is 0 Å². The molecule has 0 aliphatic rings. The summed E-state index contributed by atoms with van der Waals surface area (Å²) in [5.41, 5.74) is 0. The summed E-state index contributed by atoms with van der Waals surface area (Å²) < 4.78 is 3.00. The summed E-state index contributed by atoms with van der Waals surface area (Å²) in [6, 6.07) is 10.8. The van der Waals surface area contributed by atoms with E-state index in [2.05, 4.69) is 65.9 Å². The van der Waals surface area contributed by atoms with Crippen molar-refractivity contribution in [3.8, 4) is 0 Å². The Hall–Kier alpha value is 0.209. The van der Waals surface area contributed by atoms with E-state index < -0.39 is 0 Å². The molecule has 0 unspecified atom stereocenters.